The molecule has 0 spiro atoms. The molecule has 0 amide bonds. The number of hydrogen-bond acceptors (Lipinski definition) is 5. The lowest BCUT2D eigenvalue weighted by atomic mass is 10.0. The fraction of sp³-hybridized carbons (Fsp3) is 0.814. The second kappa shape index (κ2) is 31.4. The van der Waals surface area contributed by atoms with Gasteiger partial charge in [-0.25, -0.2) is 0 Å². The van der Waals surface area contributed by atoms with Gasteiger partial charge in [0.1, 0.15) is 17.8 Å². The number of thiocarbonyl (C=S) groups is 1. The Kier molecular flexibility index (Phi) is 27.8. The van der Waals surface area contributed by atoms with Crippen molar-refractivity contribution < 1.29 is 4.74 Å². The minimum atomic E-state index is -0.0539. The molecule has 0 saturated carbocycles. The summed E-state index contributed by atoms with van der Waals surface area (Å²) in [6, 6.07) is 8.15. The Bertz CT molecular complexity index is 889. The summed E-state index contributed by atoms with van der Waals surface area (Å²) in [4.78, 5) is 2.22. The van der Waals surface area contributed by atoms with Gasteiger partial charge in [-0.2, -0.15) is 5.10 Å². The van der Waals surface area contributed by atoms with Crippen molar-refractivity contribution in [3.05, 3.63) is 24.3 Å². The molecule has 0 fully saturated rings. The zero-order valence-electron chi connectivity index (χ0n) is 31.8. The largest absolute Gasteiger partial charge is 0.497 e. The Hall–Kier alpha value is -1.62. The molecule has 0 aromatic heterocycles. The molecule has 4 nitrogen and oxygen atoms in total. The molecule has 1 heterocycles. The van der Waals surface area contributed by atoms with Crippen LogP contribution in [0.1, 0.15) is 212 Å². The Labute approximate surface area is 304 Å². The van der Waals surface area contributed by atoms with Gasteiger partial charge in [-0.15, -0.1) is 0 Å². The first-order valence-electron chi connectivity index (χ1n) is 21.0. The number of hydrazone groups is 1. The smallest absolute Gasteiger partial charge is 0.150 e. The van der Waals surface area contributed by atoms with Crippen molar-refractivity contribution in [3.63, 3.8) is 0 Å². The number of nitrogens with one attached hydrogen (secondary N) is 1. The van der Waals surface area contributed by atoms with Crippen molar-refractivity contribution in [2.45, 2.75) is 219 Å². The summed E-state index contributed by atoms with van der Waals surface area (Å²) in [5, 5.41) is 6.34. The van der Waals surface area contributed by atoms with Gasteiger partial charge in [0.05, 0.1) is 7.11 Å². The number of amidine groups is 1. The lowest BCUT2D eigenvalue weighted by Crippen LogP contribution is -2.41. The summed E-state index contributed by atoms with van der Waals surface area (Å²) < 4.78 is 5.31. The van der Waals surface area contributed by atoms with E-state index in [1.165, 1.54) is 199 Å². The summed E-state index contributed by atoms with van der Waals surface area (Å²) in [7, 11) is 1.70. The van der Waals surface area contributed by atoms with Crippen LogP contribution in [0.25, 0.3) is 0 Å². The summed E-state index contributed by atoms with van der Waals surface area (Å²) in [5.41, 5.74) is 4.28. The molecule has 0 saturated heterocycles. The van der Waals surface area contributed by atoms with E-state index >= 15 is 0 Å². The second-order valence-electron chi connectivity index (χ2n) is 14.7. The number of unbranched alkanes of at least 4 members (excludes halogenated alkanes) is 30. The van der Waals surface area contributed by atoms with Gasteiger partial charge >= 0.3 is 0 Å². The average Bonchev–Trinajstić information content (AvgIpc) is 3.53. The van der Waals surface area contributed by atoms with Crippen molar-refractivity contribution in [1.82, 2.24) is 5.43 Å². The number of ether oxygens (including phenoxy) is 1. The fourth-order valence-electron chi connectivity index (χ4n) is 7.22. The molecule has 5 heteroatoms. The molecule has 1 atom stereocenters. The summed E-state index contributed by atoms with van der Waals surface area (Å²) in [6.07, 6.45) is 45.5. The summed E-state index contributed by atoms with van der Waals surface area (Å²) in [5.74, 6) is 1.95. The topological polar surface area (TPSA) is 36.9 Å². The maximum atomic E-state index is 5.31. The van der Waals surface area contributed by atoms with Gasteiger partial charge in [0.25, 0.3) is 0 Å². The first-order chi connectivity index (χ1) is 23.8. The quantitative estimate of drug-likeness (QED) is 0.0571. The maximum Gasteiger partial charge on any atom is 0.150 e. The summed E-state index contributed by atoms with van der Waals surface area (Å²) in [6.45, 7) is 2.31. The third kappa shape index (κ3) is 21.5. The van der Waals surface area contributed by atoms with Crippen LogP contribution >= 0.6 is 12.2 Å². The molecule has 1 unspecified atom stereocenters. The minimum Gasteiger partial charge on any atom is -0.497 e. The standard InChI is InChI=1S/C43H77N3OS/c1-3-4-5-6-7-8-9-10-11-12-13-14-15-16-17-18-19-20-21-22-23-24-25-26-27-28-29-30-31-32-33-34-42-44-45-43(39-48)46(42)40-35-37-41(47-2)38-36-40/h35-39,43,45H,3-34H2,1-2H3. The maximum absolute atomic E-state index is 5.31. The zero-order chi connectivity index (χ0) is 34.2. The molecule has 1 aliphatic heterocycles. The van der Waals surface area contributed by atoms with Gasteiger partial charge in [0.2, 0.25) is 0 Å². The highest BCUT2D eigenvalue weighted by molar-refractivity contribution is 7.79. The molecule has 1 aliphatic rings. The lowest BCUT2D eigenvalue weighted by Gasteiger charge is -2.24. The van der Waals surface area contributed by atoms with Crippen LogP contribution in [0.2, 0.25) is 0 Å². The molecule has 0 radical (unpaired) electrons. The molecule has 0 aliphatic carbocycles. The molecule has 276 valence electrons. The van der Waals surface area contributed by atoms with Crippen molar-refractivity contribution in [2.75, 3.05) is 12.0 Å². The highest BCUT2D eigenvalue weighted by atomic mass is 32.1. The minimum absolute atomic E-state index is 0.0539. The van der Waals surface area contributed by atoms with Crippen LogP contribution in [-0.4, -0.2) is 24.5 Å². The van der Waals surface area contributed by atoms with Crippen LogP contribution in [-0.2, 0) is 0 Å². The predicted octanol–water partition coefficient (Wildman–Crippen LogP) is 14.2. The first kappa shape index (κ1) is 42.5. The summed E-state index contributed by atoms with van der Waals surface area (Å²) >= 11 is 5.25. The second-order valence-corrected chi connectivity index (χ2v) is 14.9. The van der Waals surface area contributed by atoms with E-state index in [0.29, 0.717) is 0 Å². The first-order valence-corrected chi connectivity index (χ1v) is 21.5. The number of nitrogens with zero attached hydrogens (tertiary/aromatic N) is 2. The van der Waals surface area contributed by atoms with E-state index in [2.05, 4.69) is 34.5 Å². The van der Waals surface area contributed by atoms with Crippen molar-refractivity contribution in [2.24, 2.45) is 5.10 Å². The Balaban J connectivity index is 1.25. The van der Waals surface area contributed by atoms with Crippen LogP contribution in [0.3, 0.4) is 0 Å². The molecule has 2 rings (SSSR count). The third-order valence-electron chi connectivity index (χ3n) is 10.4. The molecular weight excluding hydrogens is 607 g/mol. The van der Waals surface area contributed by atoms with Crippen LogP contribution in [0.4, 0.5) is 5.69 Å². The van der Waals surface area contributed by atoms with Gasteiger partial charge < -0.3 is 9.64 Å². The monoisotopic (exact) mass is 684 g/mol. The van der Waals surface area contributed by atoms with Gasteiger partial charge in [-0.1, -0.05) is 212 Å². The normalized spacial score (nSPS) is 14.3. The van der Waals surface area contributed by atoms with E-state index in [1.807, 2.05) is 12.1 Å². The number of hydrogen-bond donors (Lipinski definition) is 1. The van der Waals surface area contributed by atoms with Gasteiger partial charge in [-0.3, -0.25) is 5.43 Å². The van der Waals surface area contributed by atoms with Gasteiger partial charge in [-0.05, 0) is 30.7 Å². The van der Waals surface area contributed by atoms with Crippen molar-refractivity contribution in [1.29, 1.82) is 0 Å². The van der Waals surface area contributed by atoms with E-state index in [4.69, 9.17) is 17.0 Å². The molecule has 1 aromatic rings. The fourth-order valence-corrected chi connectivity index (χ4v) is 7.40. The van der Waals surface area contributed by atoms with E-state index in [-0.39, 0.29) is 6.17 Å². The number of methoxy groups -OCH3 is 1. The highest BCUT2D eigenvalue weighted by Crippen LogP contribution is 2.25. The lowest BCUT2D eigenvalue weighted by molar-refractivity contribution is 0.415. The van der Waals surface area contributed by atoms with E-state index in [0.717, 1.165) is 23.7 Å². The van der Waals surface area contributed by atoms with Crippen molar-refractivity contribution >= 4 is 29.1 Å². The Morgan fingerprint density at radius 2 is 0.896 bits per heavy atom. The average molecular weight is 684 g/mol. The molecular formula is C43H77N3OS. The number of benzene rings is 1. The highest BCUT2D eigenvalue weighted by Gasteiger charge is 2.26. The van der Waals surface area contributed by atoms with Gasteiger partial charge in [0, 0.05) is 17.5 Å². The third-order valence-corrected chi connectivity index (χ3v) is 10.6. The number of anilines is 1. The zero-order valence-corrected chi connectivity index (χ0v) is 32.6. The van der Waals surface area contributed by atoms with E-state index < -0.39 is 0 Å². The SMILES string of the molecule is CCCCCCCCCCCCCCCCCCCCCCCCCCCCCCCCCC1=NNC(C=S)N1c1ccc(OC)cc1. The Morgan fingerprint density at radius 3 is 1.21 bits per heavy atom. The molecule has 48 heavy (non-hydrogen) atoms. The van der Waals surface area contributed by atoms with Crippen LogP contribution < -0.4 is 15.1 Å². The molecule has 1 N–H and O–H groups in total. The van der Waals surface area contributed by atoms with Crippen LogP contribution in [0.15, 0.2) is 29.4 Å². The van der Waals surface area contributed by atoms with E-state index in [9.17, 15) is 0 Å². The van der Waals surface area contributed by atoms with Crippen LogP contribution in [0.5, 0.6) is 5.75 Å². The van der Waals surface area contributed by atoms with Crippen molar-refractivity contribution in [3.8, 4) is 5.75 Å². The van der Waals surface area contributed by atoms with Crippen LogP contribution in [0, 0.1) is 0 Å². The van der Waals surface area contributed by atoms with Gasteiger partial charge in [0.15, 0.2) is 0 Å². The molecule has 0 bridgehead atoms. The predicted molar refractivity (Wildman–Crippen MR) is 217 cm³/mol. The number of rotatable bonds is 35. The van der Waals surface area contributed by atoms with E-state index in [1.54, 1.807) is 12.5 Å². The molecule has 1 aromatic carbocycles. The Morgan fingerprint density at radius 1 is 0.562 bits per heavy atom.